The minimum absolute atomic E-state index is 0.120. The van der Waals surface area contributed by atoms with Crippen molar-refractivity contribution >= 4 is 38.3 Å². The Kier molecular flexibility index (Phi) is 5.78. The smallest absolute Gasteiger partial charge is 0.229 e. The third-order valence-corrected chi connectivity index (χ3v) is 4.56. The fourth-order valence-corrected chi connectivity index (χ4v) is 3.30. The SMILES string of the molecule is CCOc1ccccc1NC(=O)Cc1c(OC)ccc2cc(Br)ccc12. The van der Waals surface area contributed by atoms with Gasteiger partial charge in [0.15, 0.2) is 0 Å². The minimum Gasteiger partial charge on any atom is -0.496 e. The van der Waals surface area contributed by atoms with Gasteiger partial charge in [-0.1, -0.05) is 40.2 Å². The molecule has 0 unspecified atom stereocenters. The van der Waals surface area contributed by atoms with Crippen molar-refractivity contribution in [2.24, 2.45) is 0 Å². The molecule has 5 heteroatoms. The van der Waals surface area contributed by atoms with Gasteiger partial charge in [-0.05, 0) is 48.0 Å². The summed E-state index contributed by atoms with van der Waals surface area (Å²) in [5.74, 6) is 1.25. The van der Waals surface area contributed by atoms with E-state index in [0.717, 1.165) is 20.8 Å². The number of nitrogens with one attached hydrogen (secondary N) is 1. The number of amides is 1. The molecule has 0 atom stereocenters. The number of anilines is 1. The zero-order valence-corrected chi connectivity index (χ0v) is 16.3. The number of ether oxygens (including phenoxy) is 2. The van der Waals surface area contributed by atoms with E-state index in [9.17, 15) is 4.79 Å². The van der Waals surface area contributed by atoms with Gasteiger partial charge >= 0.3 is 0 Å². The highest BCUT2D eigenvalue weighted by atomic mass is 79.9. The van der Waals surface area contributed by atoms with E-state index in [4.69, 9.17) is 9.47 Å². The van der Waals surface area contributed by atoms with Crippen molar-refractivity contribution in [1.29, 1.82) is 0 Å². The molecule has 0 bridgehead atoms. The van der Waals surface area contributed by atoms with Crippen LogP contribution in [-0.4, -0.2) is 19.6 Å². The number of methoxy groups -OCH3 is 1. The quantitative estimate of drug-likeness (QED) is 0.604. The first-order valence-corrected chi connectivity index (χ1v) is 9.18. The Labute approximate surface area is 161 Å². The summed E-state index contributed by atoms with van der Waals surface area (Å²) >= 11 is 3.49. The van der Waals surface area contributed by atoms with Crippen LogP contribution in [0.15, 0.2) is 59.1 Å². The molecule has 26 heavy (non-hydrogen) atoms. The second-order valence-corrected chi connectivity index (χ2v) is 6.68. The second-order valence-electron chi connectivity index (χ2n) is 5.77. The summed E-state index contributed by atoms with van der Waals surface area (Å²) in [5, 5.41) is 5.00. The molecule has 3 rings (SSSR count). The van der Waals surface area contributed by atoms with Crippen molar-refractivity contribution in [1.82, 2.24) is 0 Å². The molecule has 0 aliphatic heterocycles. The highest BCUT2D eigenvalue weighted by Crippen LogP contribution is 2.31. The van der Waals surface area contributed by atoms with Crippen molar-refractivity contribution in [3.63, 3.8) is 0 Å². The zero-order chi connectivity index (χ0) is 18.5. The van der Waals surface area contributed by atoms with Crippen molar-refractivity contribution in [2.45, 2.75) is 13.3 Å². The number of hydrogen-bond acceptors (Lipinski definition) is 3. The van der Waals surface area contributed by atoms with Gasteiger partial charge in [-0.15, -0.1) is 0 Å². The van der Waals surface area contributed by atoms with Crippen molar-refractivity contribution < 1.29 is 14.3 Å². The topological polar surface area (TPSA) is 47.6 Å². The van der Waals surface area contributed by atoms with Gasteiger partial charge in [0.05, 0.1) is 25.8 Å². The average Bonchev–Trinajstić information content (AvgIpc) is 2.63. The van der Waals surface area contributed by atoms with Gasteiger partial charge < -0.3 is 14.8 Å². The van der Waals surface area contributed by atoms with E-state index < -0.39 is 0 Å². The Hall–Kier alpha value is -2.53. The van der Waals surface area contributed by atoms with E-state index >= 15 is 0 Å². The summed E-state index contributed by atoms with van der Waals surface area (Å²) < 4.78 is 12.0. The number of hydrogen-bond donors (Lipinski definition) is 1. The van der Waals surface area contributed by atoms with E-state index in [1.165, 1.54) is 0 Å². The summed E-state index contributed by atoms with van der Waals surface area (Å²) in [6.45, 7) is 2.45. The standard InChI is InChI=1S/C21H20BrNO3/c1-3-26-20-7-5-4-6-18(20)23-21(24)13-17-16-10-9-15(22)12-14(16)8-11-19(17)25-2/h4-12H,3,13H2,1-2H3,(H,23,24). The fourth-order valence-electron chi connectivity index (χ4n) is 2.92. The number of carbonyl (C=O) groups excluding carboxylic acids is 1. The molecule has 0 aliphatic rings. The molecular weight excluding hydrogens is 394 g/mol. The fraction of sp³-hybridized carbons (Fsp3) is 0.190. The number of para-hydroxylation sites is 2. The normalized spacial score (nSPS) is 10.6. The lowest BCUT2D eigenvalue weighted by atomic mass is 10.0. The second kappa shape index (κ2) is 8.23. The summed E-state index contributed by atoms with van der Waals surface area (Å²) in [4.78, 5) is 12.7. The van der Waals surface area contributed by atoms with Crippen LogP contribution in [0, 0.1) is 0 Å². The van der Waals surface area contributed by atoms with Gasteiger partial charge in [0.2, 0.25) is 5.91 Å². The van der Waals surface area contributed by atoms with Crippen LogP contribution in [0.1, 0.15) is 12.5 Å². The molecular formula is C21H20BrNO3. The monoisotopic (exact) mass is 413 g/mol. The van der Waals surface area contributed by atoms with Crippen LogP contribution in [0.4, 0.5) is 5.69 Å². The number of halogens is 1. The van der Waals surface area contributed by atoms with Crippen LogP contribution < -0.4 is 14.8 Å². The van der Waals surface area contributed by atoms with Crippen LogP contribution in [-0.2, 0) is 11.2 Å². The predicted molar refractivity (Wildman–Crippen MR) is 108 cm³/mol. The molecule has 4 nitrogen and oxygen atoms in total. The average molecular weight is 414 g/mol. The highest BCUT2D eigenvalue weighted by Gasteiger charge is 2.14. The summed E-state index contributed by atoms with van der Waals surface area (Å²) in [5.41, 5.74) is 1.53. The van der Waals surface area contributed by atoms with Gasteiger partial charge in [-0.3, -0.25) is 4.79 Å². The first kappa shape index (κ1) is 18.3. The molecule has 0 aromatic heterocycles. The van der Waals surface area contributed by atoms with Crippen molar-refractivity contribution in [3.8, 4) is 11.5 Å². The number of fused-ring (bicyclic) bond motifs is 1. The molecule has 0 fully saturated rings. The molecule has 1 N–H and O–H groups in total. The number of benzene rings is 3. The molecule has 0 radical (unpaired) electrons. The maximum Gasteiger partial charge on any atom is 0.229 e. The first-order chi connectivity index (χ1) is 12.6. The lowest BCUT2D eigenvalue weighted by Gasteiger charge is -2.14. The Morgan fingerprint density at radius 1 is 1.08 bits per heavy atom. The van der Waals surface area contributed by atoms with Gasteiger partial charge in [0.25, 0.3) is 0 Å². The van der Waals surface area contributed by atoms with E-state index in [2.05, 4.69) is 21.2 Å². The lowest BCUT2D eigenvalue weighted by molar-refractivity contribution is -0.115. The molecule has 0 heterocycles. The van der Waals surface area contributed by atoms with Crippen LogP contribution in [0.25, 0.3) is 10.8 Å². The van der Waals surface area contributed by atoms with Gasteiger partial charge in [-0.2, -0.15) is 0 Å². The van der Waals surface area contributed by atoms with Crippen LogP contribution in [0.3, 0.4) is 0 Å². The molecule has 1 amide bonds. The Bertz CT molecular complexity index is 940. The lowest BCUT2D eigenvalue weighted by Crippen LogP contribution is -2.16. The Morgan fingerprint density at radius 2 is 1.88 bits per heavy atom. The maximum absolute atomic E-state index is 12.7. The van der Waals surface area contributed by atoms with E-state index in [-0.39, 0.29) is 12.3 Å². The van der Waals surface area contributed by atoms with Gasteiger partial charge in [0.1, 0.15) is 11.5 Å². The third kappa shape index (κ3) is 3.99. The van der Waals surface area contributed by atoms with Crippen LogP contribution in [0.2, 0.25) is 0 Å². The van der Waals surface area contributed by atoms with E-state index in [1.54, 1.807) is 7.11 Å². The first-order valence-electron chi connectivity index (χ1n) is 8.39. The molecule has 134 valence electrons. The van der Waals surface area contributed by atoms with Crippen molar-refractivity contribution in [3.05, 3.63) is 64.6 Å². The predicted octanol–water partition coefficient (Wildman–Crippen LogP) is 5.19. The summed E-state index contributed by atoms with van der Waals surface area (Å²) in [7, 11) is 1.62. The molecule has 0 saturated heterocycles. The Balaban J connectivity index is 1.90. The molecule has 3 aromatic rings. The maximum atomic E-state index is 12.7. The van der Waals surface area contributed by atoms with Crippen molar-refractivity contribution in [2.75, 3.05) is 19.0 Å². The molecule has 3 aromatic carbocycles. The van der Waals surface area contributed by atoms with E-state index in [1.807, 2.05) is 61.5 Å². The highest BCUT2D eigenvalue weighted by molar-refractivity contribution is 9.10. The zero-order valence-electron chi connectivity index (χ0n) is 14.7. The number of carbonyl (C=O) groups is 1. The van der Waals surface area contributed by atoms with Crippen LogP contribution in [0.5, 0.6) is 11.5 Å². The molecule has 0 aliphatic carbocycles. The largest absolute Gasteiger partial charge is 0.496 e. The van der Waals surface area contributed by atoms with E-state index in [0.29, 0.717) is 23.8 Å². The van der Waals surface area contributed by atoms with Crippen LogP contribution >= 0.6 is 15.9 Å². The molecule has 0 spiro atoms. The van der Waals surface area contributed by atoms with Gasteiger partial charge in [-0.25, -0.2) is 0 Å². The Morgan fingerprint density at radius 3 is 2.65 bits per heavy atom. The number of rotatable bonds is 6. The summed E-state index contributed by atoms with van der Waals surface area (Å²) in [6, 6.07) is 17.3. The summed E-state index contributed by atoms with van der Waals surface area (Å²) in [6.07, 6.45) is 0.211. The molecule has 0 saturated carbocycles. The minimum atomic E-state index is -0.120. The van der Waals surface area contributed by atoms with Gasteiger partial charge in [0, 0.05) is 10.0 Å². The third-order valence-electron chi connectivity index (χ3n) is 4.07.